The second kappa shape index (κ2) is 6.53. The van der Waals surface area contributed by atoms with E-state index in [1.54, 1.807) is 7.05 Å². The van der Waals surface area contributed by atoms with Gasteiger partial charge in [-0.05, 0) is 49.9 Å². The number of benzene rings is 1. The molecule has 1 saturated carbocycles. The van der Waals surface area contributed by atoms with E-state index in [9.17, 15) is 8.78 Å². The maximum atomic E-state index is 14.3. The summed E-state index contributed by atoms with van der Waals surface area (Å²) in [4.78, 5) is 1.92. The highest BCUT2D eigenvalue weighted by atomic mass is 19.1. The van der Waals surface area contributed by atoms with Crippen molar-refractivity contribution in [3.05, 3.63) is 29.3 Å². The molecule has 2 rings (SSSR count). The molecule has 0 bridgehead atoms. The molecule has 0 atom stereocenters. The average Bonchev–Trinajstić information content (AvgIpc) is 3.16. The zero-order chi connectivity index (χ0) is 14.7. The topological polar surface area (TPSA) is 15.3 Å². The molecule has 1 aromatic carbocycles. The molecule has 1 N–H and O–H groups in total. The summed E-state index contributed by atoms with van der Waals surface area (Å²) in [6.45, 7) is 5.46. The predicted octanol–water partition coefficient (Wildman–Crippen LogP) is 3.70. The quantitative estimate of drug-likeness (QED) is 0.820. The number of hydrogen-bond donors (Lipinski definition) is 1. The summed E-state index contributed by atoms with van der Waals surface area (Å²) < 4.78 is 28.6. The molecule has 0 aromatic heterocycles. The molecule has 0 saturated heterocycles. The first-order chi connectivity index (χ1) is 9.52. The minimum Gasteiger partial charge on any atom is -0.364 e. The van der Waals surface area contributed by atoms with Crippen molar-refractivity contribution >= 4 is 5.69 Å². The summed E-state index contributed by atoms with van der Waals surface area (Å²) in [5.41, 5.74) is 0.804. The van der Waals surface area contributed by atoms with Crippen molar-refractivity contribution in [2.45, 2.75) is 45.7 Å². The van der Waals surface area contributed by atoms with Crippen LogP contribution in [0.4, 0.5) is 14.5 Å². The van der Waals surface area contributed by atoms with E-state index in [1.165, 1.54) is 12.1 Å². The van der Waals surface area contributed by atoms with Gasteiger partial charge < -0.3 is 10.2 Å². The maximum absolute atomic E-state index is 14.3. The number of nitrogens with zero attached hydrogens (tertiary/aromatic N) is 1. The summed E-state index contributed by atoms with van der Waals surface area (Å²) in [5.74, 6) is -0.345. The van der Waals surface area contributed by atoms with Gasteiger partial charge in [0.25, 0.3) is 0 Å². The number of halogens is 2. The van der Waals surface area contributed by atoms with E-state index in [0.29, 0.717) is 24.1 Å². The largest absolute Gasteiger partial charge is 0.364 e. The van der Waals surface area contributed by atoms with Gasteiger partial charge in [0.2, 0.25) is 0 Å². The first-order valence-electron chi connectivity index (χ1n) is 7.42. The van der Waals surface area contributed by atoms with Gasteiger partial charge in [-0.2, -0.15) is 0 Å². The lowest BCUT2D eigenvalue weighted by Gasteiger charge is -2.26. The Morgan fingerprint density at radius 1 is 1.25 bits per heavy atom. The van der Waals surface area contributed by atoms with Crippen molar-refractivity contribution in [1.82, 2.24) is 5.32 Å². The Labute approximate surface area is 120 Å². The van der Waals surface area contributed by atoms with E-state index in [0.717, 1.165) is 25.8 Å². The van der Waals surface area contributed by atoms with Crippen LogP contribution in [0.2, 0.25) is 0 Å². The zero-order valence-corrected chi connectivity index (χ0v) is 12.5. The van der Waals surface area contributed by atoms with Crippen molar-refractivity contribution < 1.29 is 8.78 Å². The Kier molecular flexibility index (Phi) is 4.97. The lowest BCUT2D eigenvalue weighted by atomic mass is 10.1. The van der Waals surface area contributed by atoms with Crippen molar-refractivity contribution in [2.24, 2.45) is 5.92 Å². The average molecular weight is 282 g/mol. The van der Waals surface area contributed by atoms with E-state index in [-0.39, 0.29) is 5.69 Å². The Bertz CT molecular complexity index is 433. The number of hydrogen-bond acceptors (Lipinski definition) is 2. The van der Waals surface area contributed by atoms with Gasteiger partial charge in [-0.1, -0.05) is 13.8 Å². The van der Waals surface area contributed by atoms with Crippen LogP contribution in [-0.4, -0.2) is 19.6 Å². The highest BCUT2D eigenvalue weighted by molar-refractivity contribution is 5.52. The fourth-order valence-corrected chi connectivity index (χ4v) is 2.46. The molecule has 0 heterocycles. The fraction of sp³-hybridized carbons (Fsp3) is 0.625. The highest BCUT2D eigenvalue weighted by Crippen LogP contribution is 2.35. The Balaban J connectivity index is 2.23. The first kappa shape index (κ1) is 15.2. The summed E-state index contributed by atoms with van der Waals surface area (Å²) in [5, 5.41) is 2.92. The van der Waals surface area contributed by atoms with E-state index >= 15 is 0 Å². The normalized spacial score (nSPS) is 14.9. The van der Waals surface area contributed by atoms with Crippen LogP contribution in [0.25, 0.3) is 0 Å². The standard InChI is InChI=1S/C16H24F2N2/c1-11(2)6-7-20(13-4-5-13)16-14(17)8-12(10-19-3)9-15(16)18/h8-9,11,13,19H,4-7,10H2,1-3H3. The van der Waals surface area contributed by atoms with Gasteiger partial charge in [0.1, 0.15) is 17.3 Å². The second-order valence-corrected chi connectivity index (χ2v) is 6.05. The van der Waals surface area contributed by atoms with Crippen molar-refractivity contribution in [1.29, 1.82) is 0 Å². The summed E-state index contributed by atoms with van der Waals surface area (Å²) in [6, 6.07) is 3.20. The number of rotatable bonds is 7. The minimum atomic E-state index is -0.439. The van der Waals surface area contributed by atoms with Crippen LogP contribution in [0.5, 0.6) is 0 Å². The van der Waals surface area contributed by atoms with Crippen LogP contribution < -0.4 is 10.2 Å². The molecule has 1 aromatic rings. The van der Waals surface area contributed by atoms with E-state index in [1.807, 2.05) is 4.90 Å². The number of nitrogens with one attached hydrogen (secondary N) is 1. The first-order valence-corrected chi connectivity index (χ1v) is 7.42. The molecule has 0 unspecified atom stereocenters. The molecule has 1 aliphatic carbocycles. The monoisotopic (exact) mass is 282 g/mol. The van der Waals surface area contributed by atoms with Crippen LogP contribution >= 0.6 is 0 Å². The molecule has 1 aliphatic rings. The third kappa shape index (κ3) is 3.69. The van der Waals surface area contributed by atoms with Gasteiger partial charge in [0.15, 0.2) is 0 Å². The minimum absolute atomic E-state index is 0.160. The van der Waals surface area contributed by atoms with Gasteiger partial charge in [0, 0.05) is 19.1 Å². The molecule has 0 spiro atoms. The lowest BCUT2D eigenvalue weighted by molar-refractivity contribution is 0.536. The third-order valence-electron chi connectivity index (χ3n) is 3.68. The molecular weight excluding hydrogens is 258 g/mol. The molecule has 0 radical (unpaired) electrons. The fourth-order valence-electron chi connectivity index (χ4n) is 2.46. The third-order valence-corrected chi connectivity index (χ3v) is 3.68. The van der Waals surface area contributed by atoms with Crippen LogP contribution in [-0.2, 0) is 6.54 Å². The predicted molar refractivity (Wildman–Crippen MR) is 78.9 cm³/mol. The maximum Gasteiger partial charge on any atom is 0.149 e. The van der Waals surface area contributed by atoms with Gasteiger partial charge in [-0.25, -0.2) is 8.78 Å². The van der Waals surface area contributed by atoms with Gasteiger partial charge in [-0.3, -0.25) is 0 Å². The van der Waals surface area contributed by atoms with Crippen molar-refractivity contribution in [2.75, 3.05) is 18.5 Å². The zero-order valence-electron chi connectivity index (χ0n) is 12.5. The van der Waals surface area contributed by atoms with Gasteiger partial charge >= 0.3 is 0 Å². The van der Waals surface area contributed by atoms with E-state index in [4.69, 9.17) is 0 Å². The van der Waals surface area contributed by atoms with Crippen LogP contribution in [0.1, 0.15) is 38.7 Å². The van der Waals surface area contributed by atoms with Crippen LogP contribution in [0.3, 0.4) is 0 Å². The summed E-state index contributed by atoms with van der Waals surface area (Å²) >= 11 is 0. The van der Waals surface area contributed by atoms with Crippen LogP contribution in [0.15, 0.2) is 12.1 Å². The summed E-state index contributed by atoms with van der Waals surface area (Å²) in [6.07, 6.45) is 3.03. The van der Waals surface area contributed by atoms with E-state index < -0.39 is 11.6 Å². The molecule has 20 heavy (non-hydrogen) atoms. The summed E-state index contributed by atoms with van der Waals surface area (Å²) in [7, 11) is 1.77. The van der Waals surface area contributed by atoms with Crippen molar-refractivity contribution in [3.63, 3.8) is 0 Å². The van der Waals surface area contributed by atoms with Crippen LogP contribution in [0, 0.1) is 17.6 Å². The molecule has 2 nitrogen and oxygen atoms in total. The lowest BCUT2D eigenvalue weighted by Crippen LogP contribution is -2.29. The molecule has 4 heteroatoms. The van der Waals surface area contributed by atoms with E-state index in [2.05, 4.69) is 19.2 Å². The highest BCUT2D eigenvalue weighted by Gasteiger charge is 2.32. The molecule has 0 aliphatic heterocycles. The molecule has 0 amide bonds. The SMILES string of the molecule is CNCc1cc(F)c(N(CCC(C)C)C2CC2)c(F)c1. The second-order valence-electron chi connectivity index (χ2n) is 6.05. The van der Waals surface area contributed by atoms with Gasteiger partial charge in [0.05, 0.1) is 0 Å². The molecule has 112 valence electrons. The molecule has 1 fully saturated rings. The van der Waals surface area contributed by atoms with Gasteiger partial charge in [-0.15, -0.1) is 0 Å². The Morgan fingerprint density at radius 3 is 2.30 bits per heavy atom. The molecular formula is C16H24F2N2. The Hall–Kier alpha value is -1.16. The Morgan fingerprint density at radius 2 is 1.85 bits per heavy atom. The van der Waals surface area contributed by atoms with Crippen molar-refractivity contribution in [3.8, 4) is 0 Å². The smallest absolute Gasteiger partial charge is 0.149 e. The number of anilines is 1.